The van der Waals surface area contributed by atoms with E-state index in [-0.39, 0.29) is 28.5 Å². The largest absolute Gasteiger partial charge is 0.503 e. The molecule has 0 aliphatic rings. The lowest BCUT2D eigenvalue weighted by Crippen LogP contribution is -2.24. The molecule has 0 fully saturated rings. The summed E-state index contributed by atoms with van der Waals surface area (Å²) in [6, 6.07) is 10.7. The maximum Gasteiger partial charge on any atom is 0.277 e. The first-order valence-electron chi connectivity index (χ1n) is 8.91. The Morgan fingerprint density at radius 2 is 1.89 bits per heavy atom. The number of carbonyl (C=O) groups is 1. The van der Waals surface area contributed by atoms with Crippen molar-refractivity contribution >= 4 is 23.7 Å². The number of nitrogens with one attached hydrogen (secondary N) is 1. The summed E-state index contributed by atoms with van der Waals surface area (Å²) >= 11 is 5.95. The first kappa shape index (κ1) is 21.6. The predicted molar refractivity (Wildman–Crippen MR) is 111 cm³/mol. The number of ether oxygens (including phenoxy) is 2. The second kappa shape index (κ2) is 9.46. The number of phenols is 1. The Balaban J connectivity index is 1.88. The number of hydrazone groups is 1. The molecule has 0 saturated carbocycles. The van der Waals surface area contributed by atoms with Crippen molar-refractivity contribution in [3.8, 4) is 17.2 Å². The van der Waals surface area contributed by atoms with Crippen LogP contribution in [-0.4, -0.2) is 30.4 Å². The normalized spacial score (nSPS) is 11.5. The lowest BCUT2D eigenvalue weighted by atomic mass is 9.87. The Bertz CT molecular complexity index is 843. The zero-order valence-corrected chi connectivity index (χ0v) is 17.2. The molecule has 0 radical (unpaired) electrons. The molecule has 0 aromatic heterocycles. The average molecular weight is 405 g/mol. The van der Waals surface area contributed by atoms with Crippen molar-refractivity contribution in [2.24, 2.45) is 5.10 Å². The lowest BCUT2D eigenvalue weighted by molar-refractivity contribution is -0.123. The van der Waals surface area contributed by atoms with E-state index in [2.05, 4.69) is 31.3 Å². The highest BCUT2D eigenvalue weighted by atomic mass is 35.5. The number of halogens is 1. The number of amides is 1. The third-order valence-electron chi connectivity index (χ3n) is 3.84. The number of hydrogen-bond donors (Lipinski definition) is 2. The molecule has 0 aliphatic heterocycles. The standard InChI is InChI=1S/C21H25ClN2O4/c1-5-27-18-11-14(10-17(22)20(18)26)12-23-24-19(25)13-28-16-8-6-15(7-9-16)21(2,3)4/h6-12,26H,5,13H2,1-4H3,(H,24,25)/b23-12+. The van der Waals surface area contributed by atoms with Gasteiger partial charge in [-0.2, -0.15) is 5.10 Å². The summed E-state index contributed by atoms with van der Waals surface area (Å²) in [5.41, 5.74) is 4.20. The SMILES string of the molecule is CCOc1cc(/C=N/NC(=O)COc2ccc(C(C)(C)C)cc2)cc(Cl)c1O. The van der Waals surface area contributed by atoms with E-state index in [0.717, 1.165) is 0 Å². The van der Waals surface area contributed by atoms with Crippen molar-refractivity contribution in [1.82, 2.24) is 5.43 Å². The van der Waals surface area contributed by atoms with Crippen molar-refractivity contribution in [2.45, 2.75) is 33.1 Å². The molecular weight excluding hydrogens is 380 g/mol. The van der Waals surface area contributed by atoms with Crippen molar-refractivity contribution in [3.63, 3.8) is 0 Å². The predicted octanol–water partition coefficient (Wildman–Crippen LogP) is 4.27. The van der Waals surface area contributed by atoms with Gasteiger partial charge >= 0.3 is 0 Å². The molecular formula is C21H25ClN2O4. The smallest absolute Gasteiger partial charge is 0.277 e. The molecule has 0 aliphatic carbocycles. The second-order valence-corrected chi connectivity index (χ2v) is 7.55. The van der Waals surface area contributed by atoms with Gasteiger partial charge in [0.15, 0.2) is 18.1 Å². The minimum absolute atomic E-state index is 0.0593. The van der Waals surface area contributed by atoms with Crippen LogP contribution in [0.2, 0.25) is 5.02 Å². The zero-order chi connectivity index (χ0) is 20.7. The van der Waals surface area contributed by atoms with Gasteiger partial charge < -0.3 is 14.6 Å². The first-order valence-corrected chi connectivity index (χ1v) is 9.29. The Morgan fingerprint density at radius 3 is 2.50 bits per heavy atom. The molecule has 2 aromatic rings. The van der Waals surface area contributed by atoms with E-state index >= 15 is 0 Å². The van der Waals surface area contributed by atoms with E-state index in [9.17, 15) is 9.90 Å². The fourth-order valence-electron chi connectivity index (χ4n) is 2.34. The molecule has 0 bridgehead atoms. The highest BCUT2D eigenvalue weighted by molar-refractivity contribution is 6.32. The molecule has 0 spiro atoms. The van der Waals surface area contributed by atoms with Gasteiger partial charge in [-0.15, -0.1) is 0 Å². The summed E-state index contributed by atoms with van der Waals surface area (Å²) in [5.74, 6) is 0.338. The molecule has 0 saturated heterocycles. The van der Waals surface area contributed by atoms with Crippen LogP contribution in [0.5, 0.6) is 17.2 Å². The molecule has 6 nitrogen and oxygen atoms in total. The third kappa shape index (κ3) is 6.16. The van der Waals surface area contributed by atoms with Crippen LogP contribution in [0.4, 0.5) is 0 Å². The van der Waals surface area contributed by atoms with Gasteiger partial charge in [0, 0.05) is 0 Å². The van der Waals surface area contributed by atoms with Gasteiger partial charge in [0.2, 0.25) is 0 Å². The number of rotatable bonds is 7. The molecule has 28 heavy (non-hydrogen) atoms. The summed E-state index contributed by atoms with van der Waals surface area (Å²) in [6.45, 7) is 8.42. The van der Waals surface area contributed by atoms with E-state index in [1.165, 1.54) is 17.8 Å². The van der Waals surface area contributed by atoms with Gasteiger partial charge in [-0.05, 0) is 47.7 Å². The van der Waals surface area contributed by atoms with Crippen LogP contribution >= 0.6 is 11.6 Å². The summed E-state index contributed by atoms with van der Waals surface area (Å²) in [4.78, 5) is 11.9. The van der Waals surface area contributed by atoms with Gasteiger partial charge in [-0.3, -0.25) is 4.79 Å². The van der Waals surface area contributed by atoms with Crippen LogP contribution < -0.4 is 14.9 Å². The minimum Gasteiger partial charge on any atom is -0.503 e. The van der Waals surface area contributed by atoms with E-state index < -0.39 is 5.91 Å². The van der Waals surface area contributed by atoms with Crippen LogP contribution in [0.15, 0.2) is 41.5 Å². The first-order chi connectivity index (χ1) is 13.2. The number of carbonyl (C=O) groups excluding carboxylic acids is 1. The number of benzene rings is 2. The van der Waals surface area contributed by atoms with Crippen molar-refractivity contribution in [3.05, 3.63) is 52.5 Å². The van der Waals surface area contributed by atoms with Gasteiger partial charge in [0.25, 0.3) is 5.91 Å². The van der Waals surface area contributed by atoms with Crippen LogP contribution in [0.1, 0.15) is 38.8 Å². The summed E-state index contributed by atoms with van der Waals surface area (Å²) in [7, 11) is 0. The van der Waals surface area contributed by atoms with Crippen LogP contribution in [0.3, 0.4) is 0 Å². The molecule has 0 atom stereocenters. The maximum absolute atomic E-state index is 11.9. The van der Waals surface area contributed by atoms with Crippen molar-refractivity contribution in [1.29, 1.82) is 0 Å². The summed E-state index contributed by atoms with van der Waals surface area (Å²) < 4.78 is 10.8. The average Bonchev–Trinajstić information content (AvgIpc) is 2.64. The van der Waals surface area contributed by atoms with Crippen molar-refractivity contribution < 1.29 is 19.4 Å². The number of phenolic OH excluding ortho intramolecular Hbond substituents is 1. The quantitative estimate of drug-likeness (QED) is 0.533. The fraction of sp³-hybridized carbons (Fsp3) is 0.333. The van der Waals surface area contributed by atoms with Gasteiger partial charge in [-0.25, -0.2) is 5.43 Å². The van der Waals surface area contributed by atoms with Crippen LogP contribution in [-0.2, 0) is 10.2 Å². The third-order valence-corrected chi connectivity index (χ3v) is 4.13. The van der Waals surface area contributed by atoms with Gasteiger partial charge in [0.05, 0.1) is 17.8 Å². The minimum atomic E-state index is -0.397. The number of aromatic hydroxyl groups is 1. The van der Waals surface area contributed by atoms with Crippen LogP contribution in [0.25, 0.3) is 0 Å². The molecule has 1 amide bonds. The Labute approximate surface area is 170 Å². The Hall–Kier alpha value is -2.73. The summed E-state index contributed by atoms with van der Waals surface area (Å²) in [5, 5.41) is 13.8. The van der Waals surface area contributed by atoms with E-state index in [1.807, 2.05) is 24.3 Å². The zero-order valence-electron chi connectivity index (χ0n) is 16.5. The Kier molecular flexibility index (Phi) is 7.29. The second-order valence-electron chi connectivity index (χ2n) is 7.14. The van der Waals surface area contributed by atoms with Gasteiger partial charge in [-0.1, -0.05) is 44.5 Å². The molecule has 2 rings (SSSR count). The fourth-order valence-corrected chi connectivity index (χ4v) is 2.56. The van der Waals surface area contributed by atoms with Gasteiger partial charge in [0.1, 0.15) is 5.75 Å². The lowest BCUT2D eigenvalue weighted by Gasteiger charge is -2.19. The molecule has 2 aromatic carbocycles. The van der Waals surface area contributed by atoms with E-state index in [0.29, 0.717) is 17.9 Å². The Morgan fingerprint density at radius 1 is 1.21 bits per heavy atom. The highest BCUT2D eigenvalue weighted by Gasteiger charge is 2.13. The summed E-state index contributed by atoms with van der Waals surface area (Å²) in [6.07, 6.45) is 1.41. The molecule has 7 heteroatoms. The van der Waals surface area contributed by atoms with Crippen LogP contribution in [0, 0.1) is 0 Å². The monoisotopic (exact) mass is 404 g/mol. The molecule has 0 heterocycles. The molecule has 2 N–H and O–H groups in total. The van der Waals surface area contributed by atoms with E-state index in [1.54, 1.807) is 13.0 Å². The topological polar surface area (TPSA) is 80.2 Å². The molecule has 150 valence electrons. The number of hydrogen-bond acceptors (Lipinski definition) is 5. The number of nitrogens with zero attached hydrogens (tertiary/aromatic N) is 1. The highest BCUT2D eigenvalue weighted by Crippen LogP contribution is 2.34. The molecule has 0 unspecified atom stereocenters. The van der Waals surface area contributed by atoms with E-state index in [4.69, 9.17) is 21.1 Å². The van der Waals surface area contributed by atoms with Crippen molar-refractivity contribution in [2.75, 3.05) is 13.2 Å². The maximum atomic E-state index is 11.9.